The van der Waals surface area contributed by atoms with Gasteiger partial charge < -0.3 is 10.1 Å². The second kappa shape index (κ2) is 8.46. The summed E-state index contributed by atoms with van der Waals surface area (Å²) in [5, 5.41) is 3.16. The van der Waals surface area contributed by atoms with Crippen LogP contribution in [0.15, 0.2) is 18.2 Å². The van der Waals surface area contributed by atoms with Crippen LogP contribution in [0.3, 0.4) is 0 Å². The van der Waals surface area contributed by atoms with Crippen molar-refractivity contribution in [2.45, 2.75) is 18.9 Å². The Hall–Kier alpha value is -0.980. The van der Waals surface area contributed by atoms with Crippen LogP contribution in [0.2, 0.25) is 0 Å². The molecule has 0 aromatic heterocycles. The van der Waals surface area contributed by atoms with Crippen molar-refractivity contribution in [3.63, 3.8) is 0 Å². The second-order valence-corrected chi connectivity index (χ2v) is 4.82. The Morgan fingerprint density at radius 3 is 2.52 bits per heavy atom. The highest BCUT2D eigenvalue weighted by Gasteiger charge is 2.27. The van der Waals surface area contributed by atoms with Crippen molar-refractivity contribution in [3.8, 4) is 5.75 Å². The summed E-state index contributed by atoms with van der Waals surface area (Å²) < 4.78 is 44.8. The van der Waals surface area contributed by atoms with E-state index in [1.807, 2.05) is 4.90 Å². The zero-order valence-corrected chi connectivity index (χ0v) is 12.6. The van der Waals surface area contributed by atoms with Crippen LogP contribution in [0.5, 0.6) is 5.75 Å². The normalized spacial score (nSPS) is 17.4. The highest BCUT2D eigenvalue weighted by Crippen LogP contribution is 2.31. The van der Waals surface area contributed by atoms with Crippen molar-refractivity contribution < 1.29 is 17.9 Å². The molecule has 1 aromatic carbocycles. The Balaban J connectivity index is 0.00000220. The van der Waals surface area contributed by atoms with Crippen molar-refractivity contribution in [1.82, 2.24) is 10.2 Å². The lowest BCUT2D eigenvalue weighted by atomic mass is 10.00. The minimum absolute atomic E-state index is 0. The number of nitrogens with one attached hydrogen (secondary N) is 1. The average Bonchev–Trinajstić information content (AvgIpc) is 2.46. The molecule has 1 saturated heterocycles. The van der Waals surface area contributed by atoms with Crippen molar-refractivity contribution in [2.75, 3.05) is 33.3 Å². The predicted octanol–water partition coefficient (Wildman–Crippen LogP) is 2.86. The molecule has 1 heterocycles. The smallest absolute Gasteiger partial charge is 0.240 e. The Morgan fingerprint density at radius 2 is 1.95 bits per heavy atom. The summed E-state index contributed by atoms with van der Waals surface area (Å²) in [6, 6.07) is 3.67. The quantitative estimate of drug-likeness (QED) is 0.901. The van der Waals surface area contributed by atoms with Gasteiger partial charge in [-0.3, -0.25) is 4.90 Å². The van der Waals surface area contributed by atoms with Gasteiger partial charge in [0.15, 0.2) is 0 Å². The summed E-state index contributed by atoms with van der Waals surface area (Å²) in [6.45, 7) is 2.72. The number of ether oxygens (including phenoxy) is 1. The molecule has 0 bridgehead atoms. The summed E-state index contributed by atoms with van der Waals surface area (Å²) in [7, 11) is 1.48. The Kier molecular flexibility index (Phi) is 7.28. The highest BCUT2D eigenvalue weighted by molar-refractivity contribution is 5.85. The first-order chi connectivity index (χ1) is 9.61. The van der Waals surface area contributed by atoms with Gasteiger partial charge in [-0.1, -0.05) is 0 Å². The lowest BCUT2D eigenvalue weighted by Gasteiger charge is -2.35. The molecule has 0 unspecified atom stereocenters. The molecule has 1 atom stereocenters. The summed E-state index contributed by atoms with van der Waals surface area (Å²) in [4.78, 5) is 1.90. The molecule has 120 valence electrons. The van der Waals surface area contributed by atoms with Crippen LogP contribution >= 0.6 is 12.4 Å². The molecule has 1 aliphatic rings. The van der Waals surface area contributed by atoms with Crippen LogP contribution in [0.25, 0.3) is 0 Å². The number of halogens is 4. The molecule has 1 aliphatic heterocycles. The molecule has 0 spiro atoms. The third kappa shape index (κ3) is 4.76. The number of hydrogen-bond donors (Lipinski definition) is 1. The minimum atomic E-state index is -2.47. The molecule has 1 fully saturated rings. The van der Waals surface area contributed by atoms with E-state index in [2.05, 4.69) is 5.32 Å². The number of benzene rings is 1. The van der Waals surface area contributed by atoms with Crippen molar-refractivity contribution in [1.29, 1.82) is 0 Å². The first-order valence-electron chi connectivity index (χ1n) is 6.68. The van der Waals surface area contributed by atoms with E-state index < -0.39 is 18.3 Å². The predicted molar refractivity (Wildman–Crippen MR) is 78.0 cm³/mol. The Bertz CT molecular complexity index is 442. The molecule has 21 heavy (non-hydrogen) atoms. The molecule has 3 nitrogen and oxygen atoms in total. The van der Waals surface area contributed by atoms with Crippen LogP contribution in [-0.4, -0.2) is 44.6 Å². The van der Waals surface area contributed by atoms with Crippen molar-refractivity contribution in [2.24, 2.45) is 0 Å². The molecule has 0 aliphatic carbocycles. The van der Waals surface area contributed by atoms with E-state index in [-0.39, 0.29) is 24.4 Å². The molecule has 0 amide bonds. The molecular formula is C14H20ClF3N2O. The van der Waals surface area contributed by atoms with E-state index in [1.54, 1.807) is 0 Å². The fourth-order valence-corrected chi connectivity index (χ4v) is 2.54. The standard InChI is InChI=1S/C14H19F3N2O.ClH/c1-20-10-2-3-12(15)11(8-10)13(9-14(16)17)19-6-4-18-5-7-19;/h2-3,8,13-14,18H,4-7,9H2,1H3;1H/t13-;/m1./s1. The van der Waals surface area contributed by atoms with Gasteiger partial charge in [-0.15, -0.1) is 12.4 Å². The van der Waals surface area contributed by atoms with Gasteiger partial charge >= 0.3 is 0 Å². The van der Waals surface area contributed by atoms with Gasteiger partial charge in [0, 0.05) is 44.2 Å². The molecule has 2 rings (SSSR count). The van der Waals surface area contributed by atoms with Gasteiger partial charge in [0.1, 0.15) is 11.6 Å². The van der Waals surface area contributed by atoms with Crippen LogP contribution in [0.1, 0.15) is 18.0 Å². The molecule has 0 radical (unpaired) electrons. The minimum Gasteiger partial charge on any atom is -0.497 e. The fraction of sp³-hybridized carbons (Fsp3) is 0.571. The summed E-state index contributed by atoms with van der Waals surface area (Å²) in [5.74, 6) is 0.0192. The van der Waals surface area contributed by atoms with Crippen LogP contribution in [-0.2, 0) is 0 Å². The lowest BCUT2D eigenvalue weighted by molar-refractivity contribution is 0.0724. The maximum Gasteiger partial charge on any atom is 0.240 e. The van der Waals surface area contributed by atoms with E-state index in [1.165, 1.54) is 25.3 Å². The topological polar surface area (TPSA) is 24.5 Å². The Labute approximate surface area is 128 Å². The molecule has 0 saturated carbocycles. The van der Waals surface area contributed by atoms with Crippen LogP contribution in [0, 0.1) is 5.82 Å². The fourth-order valence-electron chi connectivity index (χ4n) is 2.54. The van der Waals surface area contributed by atoms with E-state index in [4.69, 9.17) is 4.74 Å². The van der Waals surface area contributed by atoms with Gasteiger partial charge in [-0.05, 0) is 18.2 Å². The SMILES string of the molecule is COc1ccc(F)c([C@@H](CC(F)F)N2CCNCC2)c1.Cl. The van der Waals surface area contributed by atoms with E-state index in [9.17, 15) is 13.2 Å². The van der Waals surface area contributed by atoms with E-state index in [0.717, 1.165) is 13.1 Å². The molecular weight excluding hydrogens is 305 g/mol. The highest BCUT2D eigenvalue weighted by atomic mass is 35.5. The zero-order chi connectivity index (χ0) is 14.5. The lowest BCUT2D eigenvalue weighted by Crippen LogP contribution is -2.45. The molecule has 1 aromatic rings. The van der Waals surface area contributed by atoms with Crippen LogP contribution < -0.4 is 10.1 Å². The van der Waals surface area contributed by atoms with Crippen LogP contribution in [0.4, 0.5) is 13.2 Å². The third-order valence-electron chi connectivity index (χ3n) is 3.56. The van der Waals surface area contributed by atoms with E-state index >= 15 is 0 Å². The average molecular weight is 325 g/mol. The first-order valence-corrected chi connectivity index (χ1v) is 6.68. The molecule has 1 N–H and O–H groups in total. The molecule has 7 heteroatoms. The van der Waals surface area contributed by atoms with E-state index in [0.29, 0.717) is 18.8 Å². The first kappa shape index (κ1) is 18.1. The zero-order valence-electron chi connectivity index (χ0n) is 11.8. The number of hydrogen-bond acceptors (Lipinski definition) is 3. The summed E-state index contributed by atoms with van der Waals surface area (Å²) >= 11 is 0. The summed E-state index contributed by atoms with van der Waals surface area (Å²) in [6.07, 6.45) is -2.84. The van der Waals surface area contributed by atoms with Crippen molar-refractivity contribution >= 4 is 12.4 Å². The Morgan fingerprint density at radius 1 is 1.29 bits per heavy atom. The summed E-state index contributed by atoms with van der Waals surface area (Å²) in [5.41, 5.74) is 0.284. The second-order valence-electron chi connectivity index (χ2n) is 4.82. The van der Waals surface area contributed by atoms with Gasteiger partial charge in [-0.25, -0.2) is 13.2 Å². The third-order valence-corrected chi connectivity index (χ3v) is 3.56. The number of methoxy groups -OCH3 is 1. The number of alkyl halides is 2. The number of nitrogens with zero attached hydrogens (tertiary/aromatic N) is 1. The maximum absolute atomic E-state index is 14.0. The largest absolute Gasteiger partial charge is 0.497 e. The maximum atomic E-state index is 14.0. The van der Waals surface area contributed by atoms with Crippen molar-refractivity contribution in [3.05, 3.63) is 29.6 Å². The number of rotatable bonds is 5. The van der Waals surface area contributed by atoms with Gasteiger partial charge in [0.05, 0.1) is 7.11 Å². The monoisotopic (exact) mass is 324 g/mol. The van der Waals surface area contributed by atoms with Gasteiger partial charge in [0.2, 0.25) is 6.43 Å². The number of piperazine rings is 1. The van der Waals surface area contributed by atoms with Gasteiger partial charge in [0.25, 0.3) is 0 Å². The van der Waals surface area contributed by atoms with Gasteiger partial charge in [-0.2, -0.15) is 0 Å².